The van der Waals surface area contributed by atoms with Crippen molar-refractivity contribution in [2.75, 3.05) is 0 Å². The highest BCUT2D eigenvalue weighted by Gasteiger charge is 1.78. The summed E-state index contributed by atoms with van der Waals surface area (Å²) in [4.78, 5) is 0. The first-order valence-electron chi connectivity index (χ1n) is 1.55. The van der Waals surface area contributed by atoms with Gasteiger partial charge in [0.2, 0.25) is 0 Å². The monoisotopic (exact) mass is 133 g/mol. The Kier molecular flexibility index (Phi) is 2.97. The van der Waals surface area contributed by atoms with E-state index in [9.17, 15) is 0 Å². The number of H-pyrrole nitrogens is 1. The summed E-state index contributed by atoms with van der Waals surface area (Å²) in [6.07, 6.45) is 1.67. The second kappa shape index (κ2) is 3.00. The molecule has 0 amide bonds. The van der Waals surface area contributed by atoms with Crippen LogP contribution < -0.4 is 0 Å². The van der Waals surface area contributed by atoms with Gasteiger partial charge in [-0.3, -0.25) is 5.10 Å². The van der Waals surface area contributed by atoms with Crippen LogP contribution in [-0.4, -0.2) is 10.2 Å². The van der Waals surface area contributed by atoms with Gasteiger partial charge in [-0.05, 0) is 6.07 Å². The van der Waals surface area contributed by atoms with Crippen LogP contribution >= 0.6 is 21.5 Å². The van der Waals surface area contributed by atoms with Crippen LogP contribution in [0.15, 0.2) is 12.3 Å². The Morgan fingerprint density at radius 1 is 1.71 bits per heavy atom. The maximum Gasteiger partial charge on any atom is 0.150 e. The Bertz CT molecular complexity index is 116. The zero-order valence-corrected chi connectivity index (χ0v) is 5.08. The molecule has 1 aromatic rings. The van der Waals surface area contributed by atoms with Crippen molar-refractivity contribution in [2.24, 2.45) is 0 Å². The molecule has 2 nitrogen and oxygen atoms in total. The Labute approximate surface area is 49.9 Å². The lowest BCUT2D eigenvalue weighted by Crippen LogP contribution is -1.58. The van der Waals surface area contributed by atoms with E-state index < -0.39 is 0 Å². The summed E-state index contributed by atoms with van der Waals surface area (Å²) in [6.45, 7) is 0. The average Bonchev–Trinajstić information content (AvgIpc) is 1.86. The van der Waals surface area contributed by atoms with Crippen LogP contribution in [-0.2, 0) is 0 Å². The summed E-state index contributed by atoms with van der Waals surface area (Å²) in [5.41, 5.74) is 0. The molecule has 1 N–H and O–H groups in total. The van der Waals surface area contributed by atoms with E-state index in [2.05, 4.69) is 10.2 Å². The highest BCUT2D eigenvalue weighted by molar-refractivity contribution is 6.92. The van der Waals surface area contributed by atoms with Gasteiger partial charge in [0.1, 0.15) is 0 Å². The fraction of sp³-hybridized carbons (Fsp3) is 0. The van der Waals surface area contributed by atoms with E-state index in [1.807, 2.05) is 0 Å². The van der Waals surface area contributed by atoms with Gasteiger partial charge in [-0.15, -0.1) is 0 Å². The first-order valence-corrected chi connectivity index (χ1v) is 1.92. The summed E-state index contributed by atoms with van der Waals surface area (Å²) in [5, 5.41) is 6.61. The molecule has 7 heavy (non-hydrogen) atoms. The van der Waals surface area contributed by atoms with Crippen LogP contribution in [0.2, 0.25) is 5.15 Å². The first-order chi connectivity index (χ1) is 2.89. The van der Waals surface area contributed by atoms with E-state index in [1.165, 1.54) is 0 Å². The molecule has 37 valence electrons. The van der Waals surface area contributed by atoms with Crippen LogP contribution in [0.25, 0.3) is 0 Å². The van der Waals surface area contributed by atoms with E-state index in [0.717, 1.165) is 0 Å². The Balaban J connectivity index is 0.000000360. The molecule has 1 heterocycles. The normalized spacial score (nSPS) is 7.57. The van der Waals surface area contributed by atoms with Crippen LogP contribution in [0.5, 0.6) is 0 Å². The maximum absolute atomic E-state index is 5.31. The van der Waals surface area contributed by atoms with Gasteiger partial charge < -0.3 is 0 Å². The lowest BCUT2D eigenvalue weighted by molar-refractivity contribution is 1.09. The summed E-state index contributed by atoms with van der Waals surface area (Å²) in [7, 11) is 0. The van der Waals surface area contributed by atoms with E-state index >= 15 is 0 Å². The Hall–Kier alpha value is -0.0700. The molecule has 0 fully saturated rings. The number of hydrogen-bond acceptors (Lipinski definition) is 1. The highest BCUT2D eigenvalue weighted by Crippen LogP contribution is 1.96. The number of rotatable bonds is 0. The molecule has 3 radical (unpaired) electrons. The van der Waals surface area contributed by atoms with Crippen molar-refractivity contribution in [2.45, 2.75) is 0 Å². The molecular weight excluding hydrogens is 130 g/mol. The molecular formula is C3H3ClN2P. The van der Waals surface area contributed by atoms with Gasteiger partial charge in [0.05, 0.1) is 0 Å². The maximum atomic E-state index is 5.31. The fourth-order valence-electron chi connectivity index (χ4n) is 0.242. The van der Waals surface area contributed by atoms with Crippen molar-refractivity contribution in [1.82, 2.24) is 10.2 Å². The van der Waals surface area contributed by atoms with E-state index in [0.29, 0.717) is 5.15 Å². The Morgan fingerprint density at radius 3 is 2.57 bits per heavy atom. The zero-order chi connectivity index (χ0) is 4.41. The second-order valence-electron chi connectivity index (χ2n) is 0.897. The molecule has 0 unspecified atom stereocenters. The summed E-state index contributed by atoms with van der Waals surface area (Å²) in [6, 6.07) is 1.68. The predicted molar refractivity (Wildman–Crippen MR) is 30.5 cm³/mol. The van der Waals surface area contributed by atoms with Crippen molar-refractivity contribution in [3.63, 3.8) is 0 Å². The topological polar surface area (TPSA) is 28.7 Å². The molecule has 0 aliphatic carbocycles. The number of halogens is 1. The van der Waals surface area contributed by atoms with E-state index in [1.54, 1.807) is 12.3 Å². The van der Waals surface area contributed by atoms with Gasteiger partial charge in [0.25, 0.3) is 0 Å². The van der Waals surface area contributed by atoms with Crippen LogP contribution in [0.1, 0.15) is 0 Å². The minimum atomic E-state index is 0. The molecule has 4 heteroatoms. The molecule has 0 aliphatic rings. The fourth-order valence-corrected chi connectivity index (χ4v) is 0.354. The van der Waals surface area contributed by atoms with Gasteiger partial charge in [-0.25, -0.2) is 0 Å². The summed E-state index contributed by atoms with van der Waals surface area (Å²) < 4.78 is 0. The number of hydrogen-bond donors (Lipinski definition) is 1. The molecule has 0 spiro atoms. The number of aromatic nitrogens is 2. The van der Waals surface area contributed by atoms with E-state index in [-0.39, 0.29) is 9.90 Å². The third-order valence-electron chi connectivity index (χ3n) is 0.467. The highest BCUT2D eigenvalue weighted by atomic mass is 35.5. The smallest absolute Gasteiger partial charge is 0.150 e. The third kappa shape index (κ3) is 1.91. The van der Waals surface area contributed by atoms with Crippen LogP contribution in [0.4, 0.5) is 0 Å². The van der Waals surface area contributed by atoms with Gasteiger partial charge in [0, 0.05) is 16.1 Å². The van der Waals surface area contributed by atoms with Crippen molar-refractivity contribution < 1.29 is 0 Å². The molecule has 0 saturated heterocycles. The summed E-state index contributed by atoms with van der Waals surface area (Å²) in [5.74, 6) is 0. The van der Waals surface area contributed by atoms with Crippen LogP contribution in [0.3, 0.4) is 0 Å². The number of aromatic amines is 1. The molecule has 0 aromatic carbocycles. The van der Waals surface area contributed by atoms with Crippen molar-refractivity contribution in [3.8, 4) is 0 Å². The molecule has 0 aliphatic heterocycles. The average molecular weight is 133 g/mol. The van der Waals surface area contributed by atoms with Crippen molar-refractivity contribution in [3.05, 3.63) is 17.4 Å². The lowest BCUT2D eigenvalue weighted by Gasteiger charge is -1.61. The second-order valence-corrected chi connectivity index (χ2v) is 1.28. The van der Waals surface area contributed by atoms with Gasteiger partial charge in [0.15, 0.2) is 5.15 Å². The number of nitrogens with one attached hydrogen (secondary N) is 1. The zero-order valence-electron chi connectivity index (χ0n) is 3.43. The van der Waals surface area contributed by atoms with Crippen molar-refractivity contribution in [1.29, 1.82) is 0 Å². The summed E-state index contributed by atoms with van der Waals surface area (Å²) >= 11 is 5.31. The molecule has 1 aromatic heterocycles. The third-order valence-corrected chi connectivity index (χ3v) is 0.677. The molecule has 0 atom stereocenters. The number of nitrogens with zero attached hydrogens (tertiary/aromatic N) is 1. The largest absolute Gasteiger partial charge is 0.284 e. The van der Waals surface area contributed by atoms with E-state index in [4.69, 9.17) is 11.6 Å². The first kappa shape index (κ1) is 6.93. The quantitative estimate of drug-likeness (QED) is 0.538. The minimum Gasteiger partial charge on any atom is -0.284 e. The minimum absolute atomic E-state index is 0. The van der Waals surface area contributed by atoms with Crippen molar-refractivity contribution >= 4 is 21.5 Å². The molecule has 0 bridgehead atoms. The van der Waals surface area contributed by atoms with Crippen LogP contribution in [0, 0.1) is 0 Å². The molecule has 0 saturated carbocycles. The lowest BCUT2D eigenvalue weighted by atomic mass is 10.8. The van der Waals surface area contributed by atoms with Gasteiger partial charge in [-0.1, -0.05) is 11.6 Å². The predicted octanol–water partition coefficient (Wildman–Crippen LogP) is 1.92. The SMILES string of the molecule is Clc1cc[nH]n1.[P]. The standard InChI is InChI=1S/C3H3ClN2.P/c4-3-1-2-5-6-3;/h1-2H,(H,5,6);. The molecule has 1 rings (SSSR count). The Morgan fingerprint density at radius 2 is 2.43 bits per heavy atom. The van der Waals surface area contributed by atoms with Gasteiger partial charge >= 0.3 is 0 Å². The van der Waals surface area contributed by atoms with Gasteiger partial charge in [-0.2, -0.15) is 5.10 Å².